The molecule has 2 rings (SSSR count). The van der Waals surface area contributed by atoms with Gasteiger partial charge in [0.15, 0.2) is 0 Å². The molecular formula is C12H12ClNO. The maximum Gasteiger partial charge on any atom is 0.131 e. The summed E-state index contributed by atoms with van der Waals surface area (Å²) in [4.78, 5) is 10.9. The Kier molecular flexibility index (Phi) is 2.78. The van der Waals surface area contributed by atoms with E-state index in [1.54, 1.807) is 6.92 Å². The SMILES string of the molecule is CC(=O)CCn1ccc2cc(Cl)ccc21. The highest BCUT2D eigenvalue weighted by atomic mass is 35.5. The van der Waals surface area contributed by atoms with Gasteiger partial charge in [-0.05, 0) is 31.2 Å². The first-order valence-electron chi connectivity index (χ1n) is 4.90. The van der Waals surface area contributed by atoms with Crippen LogP contribution in [0, 0.1) is 0 Å². The summed E-state index contributed by atoms with van der Waals surface area (Å²) in [6.07, 6.45) is 2.57. The zero-order valence-corrected chi connectivity index (χ0v) is 9.29. The van der Waals surface area contributed by atoms with Gasteiger partial charge in [0.05, 0.1) is 0 Å². The molecule has 3 heteroatoms. The van der Waals surface area contributed by atoms with Crippen LogP contribution in [-0.2, 0) is 11.3 Å². The second-order valence-corrected chi connectivity index (χ2v) is 4.10. The minimum atomic E-state index is 0.214. The van der Waals surface area contributed by atoms with Crippen LogP contribution in [0.25, 0.3) is 10.9 Å². The lowest BCUT2D eigenvalue weighted by molar-refractivity contribution is -0.117. The molecule has 0 bridgehead atoms. The van der Waals surface area contributed by atoms with Gasteiger partial charge in [0.1, 0.15) is 5.78 Å². The number of carbonyl (C=O) groups excluding carboxylic acids is 1. The largest absolute Gasteiger partial charge is 0.347 e. The molecular weight excluding hydrogens is 210 g/mol. The van der Waals surface area contributed by atoms with Crippen LogP contribution in [0.3, 0.4) is 0 Å². The quantitative estimate of drug-likeness (QED) is 0.780. The molecule has 0 saturated heterocycles. The molecule has 2 aromatic rings. The third-order valence-corrected chi connectivity index (χ3v) is 2.67. The molecule has 0 aliphatic heterocycles. The summed E-state index contributed by atoms with van der Waals surface area (Å²) in [5.74, 6) is 0.214. The van der Waals surface area contributed by atoms with E-state index in [9.17, 15) is 4.79 Å². The number of hydrogen-bond donors (Lipinski definition) is 0. The maximum absolute atomic E-state index is 10.9. The lowest BCUT2D eigenvalue weighted by Crippen LogP contribution is -2.00. The Bertz CT molecular complexity index is 501. The molecule has 0 unspecified atom stereocenters. The maximum atomic E-state index is 10.9. The Hall–Kier alpha value is -1.28. The number of aromatic nitrogens is 1. The van der Waals surface area contributed by atoms with Crippen molar-refractivity contribution >= 4 is 28.3 Å². The third-order valence-electron chi connectivity index (χ3n) is 2.44. The number of nitrogens with zero attached hydrogens (tertiary/aromatic N) is 1. The predicted octanol–water partition coefficient (Wildman–Crippen LogP) is 3.27. The van der Waals surface area contributed by atoms with Crippen molar-refractivity contribution in [3.05, 3.63) is 35.5 Å². The Morgan fingerprint density at radius 2 is 2.20 bits per heavy atom. The fourth-order valence-corrected chi connectivity index (χ4v) is 1.82. The van der Waals surface area contributed by atoms with E-state index in [1.807, 2.05) is 30.5 Å². The first kappa shape index (κ1) is 10.2. The number of fused-ring (bicyclic) bond motifs is 1. The number of ketones is 1. The molecule has 0 aliphatic carbocycles. The van der Waals surface area contributed by atoms with Crippen molar-refractivity contribution in [1.82, 2.24) is 4.57 Å². The molecule has 0 fully saturated rings. The van der Waals surface area contributed by atoms with Gasteiger partial charge in [-0.1, -0.05) is 11.6 Å². The van der Waals surface area contributed by atoms with Gasteiger partial charge in [-0.15, -0.1) is 0 Å². The monoisotopic (exact) mass is 221 g/mol. The Balaban J connectivity index is 2.32. The van der Waals surface area contributed by atoms with Crippen molar-refractivity contribution in [3.8, 4) is 0 Å². The molecule has 0 N–H and O–H groups in total. The van der Waals surface area contributed by atoms with Gasteiger partial charge in [0.2, 0.25) is 0 Å². The highest BCUT2D eigenvalue weighted by Crippen LogP contribution is 2.20. The van der Waals surface area contributed by atoms with Crippen molar-refractivity contribution in [1.29, 1.82) is 0 Å². The molecule has 0 radical (unpaired) electrons. The molecule has 78 valence electrons. The molecule has 0 spiro atoms. The number of rotatable bonds is 3. The zero-order chi connectivity index (χ0) is 10.8. The molecule has 0 atom stereocenters. The van der Waals surface area contributed by atoms with Crippen LogP contribution in [-0.4, -0.2) is 10.4 Å². The van der Waals surface area contributed by atoms with E-state index < -0.39 is 0 Å². The van der Waals surface area contributed by atoms with Crippen LogP contribution < -0.4 is 0 Å². The molecule has 1 heterocycles. The number of carbonyl (C=O) groups is 1. The molecule has 2 nitrogen and oxygen atoms in total. The van der Waals surface area contributed by atoms with E-state index >= 15 is 0 Å². The Labute approximate surface area is 93.5 Å². The smallest absolute Gasteiger partial charge is 0.131 e. The van der Waals surface area contributed by atoms with Gasteiger partial charge in [-0.3, -0.25) is 4.79 Å². The average molecular weight is 222 g/mol. The van der Waals surface area contributed by atoms with Gasteiger partial charge >= 0.3 is 0 Å². The second-order valence-electron chi connectivity index (χ2n) is 3.66. The minimum absolute atomic E-state index is 0.214. The first-order chi connectivity index (χ1) is 7.16. The van der Waals surface area contributed by atoms with E-state index in [4.69, 9.17) is 11.6 Å². The fourth-order valence-electron chi connectivity index (χ4n) is 1.64. The summed E-state index contributed by atoms with van der Waals surface area (Å²) in [5.41, 5.74) is 1.13. The van der Waals surface area contributed by atoms with E-state index in [0.717, 1.165) is 22.5 Å². The Morgan fingerprint density at radius 1 is 1.40 bits per heavy atom. The van der Waals surface area contributed by atoms with Crippen molar-refractivity contribution in [2.45, 2.75) is 19.9 Å². The van der Waals surface area contributed by atoms with Crippen molar-refractivity contribution in [2.75, 3.05) is 0 Å². The molecule has 1 aromatic heterocycles. The number of Topliss-reactive ketones (excluding diaryl/α,β-unsaturated/α-hetero) is 1. The number of hydrogen-bond acceptors (Lipinski definition) is 1. The number of halogens is 1. The average Bonchev–Trinajstić information content (AvgIpc) is 2.57. The standard InChI is InChI=1S/C12H12ClNO/c1-9(15)4-6-14-7-5-10-8-11(13)2-3-12(10)14/h2-3,5,7-8H,4,6H2,1H3. The fraction of sp³-hybridized carbons (Fsp3) is 0.250. The van der Waals surface area contributed by atoms with Gasteiger partial charge in [0, 0.05) is 35.1 Å². The van der Waals surface area contributed by atoms with E-state index in [2.05, 4.69) is 4.57 Å². The van der Waals surface area contributed by atoms with Crippen LogP contribution in [0.15, 0.2) is 30.5 Å². The molecule has 1 aromatic carbocycles. The lowest BCUT2D eigenvalue weighted by atomic mass is 10.2. The van der Waals surface area contributed by atoms with E-state index in [1.165, 1.54) is 0 Å². The molecule has 0 saturated carbocycles. The van der Waals surface area contributed by atoms with E-state index in [0.29, 0.717) is 6.42 Å². The topological polar surface area (TPSA) is 22.0 Å². The minimum Gasteiger partial charge on any atom is -0.347 e. The second kappa shape index (κ2) is 4.07. The van der Waals surface area contributed by atoms with Crippen molar-refractivity contribution < 1.29 is 4.79 Å². The summed E-state index contributed by atoms with van der Waals surface area (Å²) in [5, 5.41) is 1.86. The predicted molar refractivity (Wildman–Crippen MR) is 62.2 cm³/mol. The highest BCUT2D eigenvalue weighted by molar-refractivity contribution is 6.31. The zero-order valence-electron chi connectivity index (χ0n) is 8.53. The van der Waals surface area contributed by atoms with Crippen LogP contribution in [0.2, 0.25) is 5.02 Å². The van der Waals surface area contributed by atoms with Crippen LogP contribution in [0.1, 0.15) is 13.3 Å². The van der Waals surface area contributed by atoms with Gasteiger partial charge < -0.3 is 4.57 Å². The lowest BCUT2D eigenvalue weighted by Gasteiger charge is -2.03. The number of benzene rings is 1. The Morgan fingerprint density at radius 3 is 2.93 bits per heavy atom. The summed E-state index contributed by atoms with van der Waals surface area (Å²) in [6.45, 7) is 2.35. The summed E-state index contributed by atoms with van der Waals surface area (Å²) >= 11 is 5.89. The highest BCUT2D eigenvalue weighted by Gasteiger charge is 2.02. The van der Waals surface area contributed by atoms with Gasteiger partial charge in [-0.2, -0.15) is 0 Å². The van der Waals surface area contributed by atoms with Crippen molar-refractivity contribution in [3.63, 3.8) is 0 Å². The van der Waals surface area contributed by atoms with Crippen LogP contribution >= 0.6 is 11.6 Å². The summed E-state index contributed by atoms with van der Waals surface area (Å²) in [7, 11) is 0. The van der Waals surface area contributed by atoms with Gasteiger partial charge in [-0.25, -0.2) is 0 Å². The van der Waals surface area contributed by atoms with Crippen LogP contribution in [0.5, 0.6) is 0 Å². The molecule has 0 amide bonds. The van der Waals surface area contributed by atoms with E-state index in [-0.39, 0.29) is 5.78 Å². The number of aryl methyl sites for hydroxylation is 1. The molecule has 15 heavy (non-hydrogen) atoms. The van der Waals surface area contributed by atoms with Crippen LogP contribution in [0.4, 0.5) is 0 Å². The summed E-state index contributed by atoms with van der Waals surface area (Å²) < 4.78 is 2.08. The first-order valence-corrected chi connectivity index (χ1v) is 5.28. The van der Waals surface area contributed by atoms with Gasteiger partial charge in [0.25, 0.3) is 0 Å². The normalized spacial score (nSPS) is 10.8. The molecule has 0 aliphatic rings. The third kappa shape index (κ3) is 2.21. The van der Waals surface area contributed by atoms with Crippen molar-refractivity contribution in [2.24, 2.45) is 0 Å². The summed E-state index contributed by atoms with van der Waals surface area (Å²) in [6, 6.07) is 7.80.